The molecule has 3 aromatic heterocycles. The predicted molar refractivity (Wildman–Crippen MR) is 105 cm³/mol. The van der Waals surface area contributed by atoms with Gasteiger partial charge in [0.1, 0.15) is 14.9 Å². The molecule has 1 aliphatic carbocycles. The second-order valence-electron chi connectivity index (χ2n) is 6.25. The number of aromatic nitrogens is 4. The Morgan fingerprint density at radius 1 is 1.32 bits per heavy atom. The lowest BCUT2D eigenvalue weighted by Gasteiger charge is -2.17. The van der Waals surface area contributed by atoms with Crippen LogP contribution >= 0.6 is 46.2 Å². The van der Waals surface area contributed by atoms with Crippen LogP contribution < -0.4 is 5.56 Å². The Balaban J connectivity index is 1.81. The van der Waals surface area contributed by atoms with Crippen molar-refractivity contribution < 1.29 is 0 Å². The fraction of sp³-hybridized carbons (Fsp3) is 0.500. The van der Waals surface area contributed by atoms with E-state index in [1.807, 2.05) is 11.5 Å². The minimum absolute atomic E-state index is 0.101. The summed E-state index contributed by atoms with van der Waals surface area (Å²) in [6.07, 6.45) is 4.43. The van der Waals surface area contributed by atoms with E-state index in [9.17, 15) is 4.79 Å². The fourth-order valence-electron chi connectivity index (χ4n) is 3.29. The van der Waals surface area contributed by atoms with E-state index in [0.717, 1.165) is 44.3 Å². The fourth-order valence-corrected chi connectivity index (χ4v) is 6.16. The molecule has 0 radical (unpaired) electrons. The Morgan fingerprint density at radius 3 is 2.76 bits per heavy atom. The Kier molecular flexibility index (Phi) is 4.87. The summed E-state index contributed by atoms with van der Waals surface area (Å²) in [7, 11) is 0. The zero-order valence-electron chi connectivity index (χ0n) is 13.9. The van der Waals surface area contributed by atoms with E-state index < -0.39 is 0 Å². The zero-order valence-corrected chi connectivity index (χ0v) is 17.1. The molecular formula is C16H17ClN4OS3. The SMILES string of the molecule is Cc1sc2nc(SCc3nnsc3Cl)n(C3CCCC3)c(=O)c2c1C. The number of hydrogen-bond donors (Lipinski definition) is 0. The van der Waals surface area contributed by atoms with Crippen LogP contribution in [0.2, 0.25) is 4.34 Å². The van der Waals surface area contributed by atoms with Crippen LogP contribution in [-0.2, 0) is 5.75 Å². The molecule has 0 amide bonds. The number of nitrogens with zero attached hydrogens (tertiary/aromatic N) is 4. The van der Waals surface area contributed by atoms with Gasteiger partial charge in [0.15, 0.2) is 5.16 Å². The van der Waals surface area contributed by atoms with Gasteiger partial charge in [-0.3, -0.25) is 9.36 Å². The summed E-state index contributed by atoms with van der Waals surface area (Å²) < 4.78 is 6.40. The second-order valence-corrected chi connectivity index (χ2v) is 9.76. The third-order valence-electron chi connectivity index (χ3n) is 4.74. The molecule has 0 N–H and O–H groups in total. The normalized spacial score (nSPS) is 15.5. The lowest BCUT2D eigenvalue weighted by molar-refractivity contribution is 0.458. The number of thioether (sulfide) groups is 1. The van der Waals surface area contributed by atoms with Crippen LogP contribution in [0.3, 0.4) is 0 Å². The lowest BCUT2D eigenvalue weighted by Crippen LogP contribution is -2.26. The number of thiophene rings is 1. The number of rotatable bonds is 4. The van der Waals surface area contributed by atoms with Gasteiger partial charge in [0, 0.05) is 28.2 Å². The summed E-state index contributed by atoms with van der Waals surface area (Å²) in [4.78, 5) is 20.1. The van der Waals surface area contributed by atoms with Crippen molar-refractivity contribution in [2.45, 2.75) is 56.5 Å². The lowest BCUT2D eigenvalue weighted by atomic mass is 10.2. The highest BCUT2D eigenvalue weighted by Crippen LogP contribution is 2.35. The minimum atomic E-state index is 0.101. The Hall–Kier alpha value is -0.960. The van der Waals surface area contributed by atoms with Crippen molar-refractivity contribution in [1.82, 2.24) is 19.1 Å². The van der Waals surface area contributed by atoms with Crippen LogP contribution in [-0.4, -0.2) is 19.1 Å². The van der Waals surface area contributed by atoms with Crippen LogP contribution in [0.15, 0.2) is 9.95 Å². The molecule has 1 saturated carbocycles. The topological polar surface area (TPSA) is 60.7 Å². The average Bonchev–Trinajstić information content (AvgIpc) is 3.29. The third kappa shape index (κ3) is 3.13. The maximum atomic E-state index is 13.3. The molecular weight excluding hydrogens is 396 g/mol. The smallest absolute Gasteiger partial charge is 0.263 e. The maximum absolute atomic E-state index is 13.3. The summed E-state index contributed by atoms with van der Waals surface area (Å²) in [5, 5.41) is 5.62. The summed E-state index contributed by atoms with van der Waals surface area (Å²) in [6.45, 7) is 4.07. The Labute approximate surface area is 162 Å². The second kappa shape index (κ2) is 6.98. The van der Waals surface area contributed by atoms with Gasteiger partial charge >= 0.3 is 0 Å². The molecule has 3 heterocycles. The van der Waals surface area contributed by atoms with Crippen LogP contribution in [0.4, 0.5) is 0 Å². The Morgan fingerprint density at radius 2 is 2.08 bits per heavy atom. The number of halogens is 1. The van der Waals surface area contributed by atoms with Crippen LogP contribution in [0, 0.1) is 13.8 Å². The van der Waals surface area contributed by atoms with Crippen molar-refractivity contribution in [3.05, 3.63) is 30.8 Å². The number of fused-ring (bicyclic) bond motifs is 1. The van der Waals surface area contributed by atoms with E-state index in [1.54, 1.807) is 11.3 Å². The van der Waals surface area contributed by atoms with Crippen LogP contribution in [0.5, 0.6) is 0 Å². The molecule has 0 aromatic carbocycles. The van der Waals surface area contributed by atoms with Crippen molar-refractivity contribution in [3.63, 3.8) is 0 Å². The van der Waals surface area contributed by atoms with E-state index in [2.05, 4.69) is 16.5 Å². The van der Waals surface area contributed by atoms with Gasteiger partial charge < -0.3 is 0 Å². The molecule has 0 spiro atoms. The zero-order chi connectivity index (χ0) is 17.6. The molecule has 0 aliphatic heterocycles. The van der Waals surface area contributed by atoms with Gasteiger partial charge in [-0.05, 0) is 32.3 Å². The summed E-state index contributed by atoms with van der Waals surface area (Å²) >= 11 is 10.4. The minimum Gasteiger partial charge on any atom is -0.284 e. The van der Waals surface area contributed by atoms with Crippen molar-refractivity contribution in [3.8, 4) is 0 Å². The quantitative estimate of drug-likeness (QED) is 0.446. The predicted octanol–water partition coefficient (Wildman–Crippen LogP) is 4.99. The van der Waals surface area contributed by atoms with E-state index in [1.165, 1.54) is 36.1 Å². The monoisotopic (exact) mass is 412 g/mol. The molecule has 25 heavy (non-hydrogen) atoms. The average molecular weight is 413 g/mol. The molecule has 0 bridgehead atoms. The van der Waals surface area contributed by atoms with Gasteiger partial charge in [0.25, 0.3) is 5.56 Å². The molecule has 0 unspecified atom stereocenters. The molecule has 1 fully saturated rings. The number of hydrogen-bond acceptors (Lipinski definition) is 7. The van der Waals surface area contributed by atoms with Crippen molar-refractivity contribution in [2.75, 3.05) is 0 Å². The maximum Gasteiger partial charge on any atom is 0.263 e. The Bertz CT molecular complexity index is 987. The molecule has 9 heteroatoms. The van der Waals surface area contributed by atoms with E-state index in [0.29, 0.717) is 10.1 Å². The van der Waals surface area contributed by atoms with Crippen molar-refractivity contribution in [1.29, 1.82) is 0 Å². The van der Waals surface area contributed by atoms with Crippen LogP contribution in [0.1, 0.15) is 47.9 Å². The molecule has 132 valence electrons. The first-order valence-electron chi connectivity index (χ1n) is 8.18. The standard InChI is InChI=1S/C16H17ClN4OS3/c1-8-9(2)24-14-12(8)15(22)21(10-5-3-4-6-10)16(18-14)23-7-11-13(17)25-20-19-11/h10H,3-7H2,1-2H3. The number of aryl methyl sites for hydroxylation is 2. The molecule has 4 rings (SSSR count). The van der Waals surface area contributed by atoms with Crippen LogP contribution in [0.25, 0.3) is 10.2 Å². The van der Waals surface area contributed by atoms with Gasteiger partial charge in [-0.25, -0.2) is 4.98 Å². The van der Waals surface area contributed by atoms with Crippen molar-refractivity contribution >= 4 is 56.4 Å². The molecule has 0 saturated heterocycles. The van der Waals surface area contributed by atoms with Gasteiger partial charge in [0.05, 0.1) is 5.39 Å². The van der Waals surface area contributed by atoms with Crippen molar-refractivity contribution in [2.24, 2.45) is 0 Å². The van der Waals surface area contributed by atoms with E-state index in [-0.39, 0.29) is 11.6 Å². The first kappa shape index (κ1) is 17.5. The molecule has 0 atom stereocenters. The van der Waals surface area contributed by atoms with Gasteiger partial charge in [-0.1, -0.05) is 40.7 Å². The highest BCUT2D eigenvalue weighted by Gasteiger charge is 2.25. The van der Waals surface area contributed by atoms with Gasteiger partial charge in [0.2, 0.25) is 0 Å². The highest BCUT2D eigenvalue weighted by atomic mass is 35.5. The molecule has 1 aliphatic rings. The first-order valence-corrected chi connectivity index (χ1v) is 11.1. The van der Waals surface area contributed by atoms with Gasteiger partial charge in [-0.15, -0.1) is 16.4 Å². The summed E-state index contributed by atoms with van der Waals surface area (Å²) in [5.74, 6) is 0.573. The summed E-state index contributed by atoms with van der Waals surface area (Å²) in [5.41, 5.74) is 1.92. The van der Waals surface area contributed by atoms with E-state index >= 15 is 0 Å². The van der Waals surface area contributed by atoms with Gasteiger partial charge in [-0.2, -0.15) is 0 Å². The first-order chi connectivity index (χ1) is 12.1. The highest BCUT2D eigenvalue weighted by molar-refractivity contribution is 7.98. The largest absolute Gasteiger partial charge is 0.284 e. The third-order valence-corrected chi connectivity index (χ3v) is 7.79. The molecule has 3 aromatic rings. The summed E-state index contributed by atoms with van der Waals surface area (Å²) in [6, 6.07) is 0.246. The van der Waals surface area contributed by atoms with E-state index in [4.69, 9.17) is 16.6 Å². The molecule has 5 nitrogen and oxygen atoms in total.